The van der Waals surface area contributed by atoms with Gasteiger partial charge in [0, 0.05) is 0 Å². The lowest BCUT2D eigenvalue weighted by atomic mass is 9.97. The van der Waals surface area contributed by atoms with Crippen LogP contribution < -0.4 is 0 Å². The first-order valence-corrected chi connectivity index (χ1v) is 5.73. The molecule has 3 nitrogen and oxygen atoms in total. The van der Waals surface area contributed by atoms with Crippen molar-refractivity contribution in [1.82, 2.24) is 0 Å². The molecule has 0 fully saturated rings. The molecule has 98 valence electrons. The summed E-state index contributed by atoms with van der Waals surface area (Å²) in [6, 6.07) is 10.7. The molecule has 1 N–H and O–H groups in total. The molecule has 0 aliphatic rings. The van der Waals surface area contributed by atoms with Gasteiger partial charge in [-0.3, -0.25) is 0 Å². The molecule has 0 unspecified atom stereocenters. The zero-order chi connectivity index (χ0) is 13.8. The van der Waals surface area contributed by atoms with Gasteiger partial charge in [-0.05, 0) is 41.0 Å². The van der Waals surface area contributed by atoms with Gasteiger partial charge < -0.3 is 9.84 Å². The third-order valence-electron chi connectivity index (χ3n) is 2.83. The van der Waals surface area contributed by atoms with Crippen molar-refractivity contribution >= 4 is 5.97 Å². The van der Waals surface area contributed by atoms with Crippen molar-refractivity contribution in [2.75, 3.05) is 7.11 Å². The van der Waals surface area contributed by atoms with Gasteiger partial charge in [0.25, 0.3) is 0 Å². The van der Waals surface area contributed by atoms with E-state index in [0.717, 1.165) is 0 Å². The third-order valence-corrected chi connectivity index (χ3v) is 2.83. The molecule has 2 aromatic carbocycles. The summed E-state index contributed by atoms with van der Waals surface area (Å²) in [7, 11) is 1.30. The molecule has 0 bridgehead atoms. The molecule has 0 aliphatic carbocycles. The Hall–Kier alpha value is -2.20. The summed E-state index contributed by atoms with van der Waals surface area (Å²) in [6.45, 7) is -0.129. The van der Waals surface area contributed by atoms with Crippen LogP contribution in [0.4, 0.5) is 4.39 Å². The molecule has 0 aromatic heterocycles. The lowest BCUT2D eigenvalue weighted by molar-refractivity contribution is 0.0601. The van der Waals surface area contributed by atoms with Crippen molar-refractivity contribution in [3.8, 4) is 11.1 Å². The second-order valence-corrected chi connectivity index (χ2v) is 4.04. The molecule has 0 amide bonds. The van der Waals surface area contributed by atoms with E-state index in [9.17, 15) is 9.18 Å². The Kier molecular flexibility index (Phi) is 3.92. The summed E-state index contributed by atoms with van der Waals surface area (Å²) < 4.78 is 17.7. The number of ether oxygens (including phenoxy) is 1. The fourth-order valence-electron chi connectivity index (χ4n) is 1.85. The minimum atomic E-state index is -0.469. The lowest BCUT2D eigenvalue weighted by Gasteiger charge is -2.10. The van der Waals surface area contributed by atoms with E-state index in [-0.39, 0.29) is 12.4 Å². The summed E-state index contributed by atoms with van der Waals surface area (Å²) in [5.74, 6) is -0.814. The van der Waals surface area contributed by atoms with Crippen LogP contribution in [-0.2, 0) is 11.3 Å². The topological polar surface area (TPSA) is 46.5 Å². The lowest BCUT2D eigenvalue weighted by Crippen LogP contribution is -2.04. The molecule has 0 aliphatic heterocycles. The average Bonchev–Trinajstić information content (AvgIpc) is 2.46. The number of benzene rings is 2. The summed E-state index contributed by atoms with van der Waals surface area (Å²) in [4.78, 5) is 11.7. The summed E-state index contributed by atoms with van der Waals surface area (Å²) in [5.41, 5.74) is 2.36. The SMILES string of the molecule is COC(=O)c1ccc(CO)cc1-c1ccc(F)cc1. The second kappa shape index (κ2) is 5.63. The molecular weight excluding hydrogens is 247 g/mol. The summed E-state index contributed by atoms with van der Waals surface area (Å²) in [6.07, 6.45) is 0. The van der Waals surface area contributed by atoms with Crippen LogP contribution >= 0.6 is 0 Å². The second-order valence-electron chi connectivity index (χ2n) is 4.04. The van der Waals surface area contributed by atoms with Crippen molar-refractivity contribution < 1.29 is 19.0 Å². The molecular formula is C15H13FO3. The molecule has 0 saturated carbocycles. The molecule has 2 aromatic rings. The van der Waals surface area contributed by atoms with E-state index in [2.05, 4.69) is 0 Å². The standard InChI is InChI=1S/C15H13FO3/c1-19-15(18)13-7-2-10(9-17)8-14(13)11-3-5-12(16)6-4-11/h2-8,17H,9H2,1H3. The Labute approximate surface area is 110 Å². The van der Waals surface area contributed by atoms with Crippen LogP contribution in [0.1, 0.15) is 15.9 Å². The van der Waals surface area contributed by atoms with Gasteiger partial charge in [0.05, 0.1) is 19.3 Å². The van der Waals surface area contributed by atoms with Crippen LogP contribution in [0.5, 0.6) is 0 Å². The number of hydrogen-bond donors (Lipinski definition) is 1. The smallest absolute Gasteiger partial charge is 0.338 e. The highest BCUT2D eigenvalue weighted by Crippen LogP contribution is 2.26. The van der Waals surface area contributed by atoms with Crippen molar-refractivity contribution in [3.63, 3.8) is 0 Å². The molecule has 2 rings (SSSR count). The zero-order valence-corrected chi connectivity index (χ0v) is 10.4. The number of rotatable bonds is 3. The van der Waals surface area contributed by atoms with Gasteiger partial charge in [-0.15, -0.1) is 0 Å². The average molecular weight is 260 g/mol. The molecule has 19 heavy (non-hydrogen) atoms. The Morgan fingerprint density at radius 1 is 1.21 bits per heavy atom. The zero-order valence-electron chi connectivity index (χ0n) is 10.4. The maximum absolute atomic E-state index is 12.9. The number of aliphatic hydroxyl groups is 1. The maximum Gasteiger partial charge on any atom is 0.338 e. The summed E-state index contributed by atoms with van der Waals surface area (Å²) >= 11 is 0. The van der Waals surface area contributed by atoms with E-state index < -0.39 is 5.97 Å². The largest absolute Gasteiger partial charge is 0.465 e. The molecule has 0 saturated heterocycles. The van der Waals surface area contributed by atoms with Crippen LogP contribution in [0.2, 0.25) is 0 Å². The van der Waals surface area contributed by atoms with Crippen molar-refractivity contribution in [3.05, 3.63) is 59.4 Å². The fraction of sp³-hybridized carbons (Fsp3) is 0.133. The van der Waals surface area contributed by atoms with Crippen LogP contribution in [0.15, 0.2) is 42.5 Å². The van der Waals surface area contributed by atoms with Gasteiger partial charge in [0.15, 0.2) is 0 Å². The highest BCUT2D eigenvalue weighted by atomic mass is 19.1. The number of halogens is 1. The normalized spacial score (nSPS) is 10.3. The molecule has 4 heteroatoms. The first-order chi connectivity index (χ1) is 9.15. The number of carbonyl (C=O) groups excluding carboxylic acids is 1. The molecule has 0 atom stereocenters. The number of esters is 1. The number of aliphatic hydroxyl groups excluding tert-OH is 1. The van der Waals surface area contributed by atoms with E-state index in [1.54, 1.807) is 30.3 Å². The van der Waals surface area contributed by atoms with E-state index >= 15 is 0 Å². The van der Waals surface area contributed by atoms with Crippen molar-refractivity contribution in [1.29, 1.82) is 0 Å². The molecule has 0 heterocycles. The predicted octanol–water partition coefficient (Wildman–Crippen LogP) is 2.77. The number of carbonyl (C=O) groups is 1. The van der Waals surface area contributed by atoms with Gasteiger partial charge in [0.2, 0.25) is 0 Å². The Bertz CT molecular complexity index is 591. The van der Waals surface area contributed by atoms with Crippen LogP contribution in [0, 0.1) is 5.82 Å². The maximum atomic E-state index is 12.9. The van der Waals surface area contributed by atoms with Crippen LogP contribution in [-0.4, -0.2) is 18.2 Å². The highest BCUT2D eigenvalue weighted by Gasteiger charge is 2.13. The minimum Gasteiger partial charge on any atom is -0.465 e. The van der Waals surface area contributed by atoms with Gasteiger partial charge in [0.1, 0.15) is 5.82 Å². The highest BCUT2D eigenvalue weighted by molar-refractivity contribution is 5.97. The fourth-order valence-corrected chi connectivity index (χ4v) is 1.85. The van der Waals surface area contributed by atoms with E-state index in [0.29, 0.717) is 22.3 Å². The predicted molar refractivity (Wildman–Crippen MR) is 69.1 cm³/mol. The Balaban J connectivity index is 2.57. The van der Waals surface area contributed by atoms with Gasteiger partial charge in [-0.2, -0.15) is 0 Å². The van der Waals surface area contributed by atoms with E-state index in [4.69, 9.17) is 9.84 Å². The summed E-state index contributed by atoms with van der Waals surface area (Å²) in [5, 5.41) is 9.16. The first kappa shape index (κ1) is 13.2. The van der Waals surface area contributed by atoms with Gasteiger partial charge in [-0.1, -0.05) is 18.2 Å². The van der Waals surface area contributed by atoms with Crippen molar-refractivity contribution in [2.45, 2.75) is 6.61 Å². The van der Waals surface area contributed by atoms with Crippen LogP contribution in [0.25, 0.3) is 11.1 Å². The first-order valence-electron chi connectivity index (χ1n) is 5.73. The Morgan fingerprint density at radius 2 is 1.89 bits per heavy atom. The van der Waals surface area contributed by atoms with Crippen LogP contribution in [0.3, 0.4) is 0 Å². The molecule has 0 radical (unpaired) electrons. The number of hydrogen-bond acceptors (Lipinski definition) is 3. The molecule has 0 spiro atoms. The minimum absolute atomic E-state index is 0.129. The van der Waals surface area contributed by atoms with Gasteiger partial charge >= 0.3 is 5.97 Å². The monoisotopic (exact) mass is 260 g/mol. The van der Waals surface area contributed by atoms with E-state index in [1.807, 2.05) is 0 Å². The van der Waals surface area contributed by atoms with Gasteiger partial charge in [-0.25, -0.2) is 9.18 Å². The third kappa shape index (κ3) is 2.80. The number of methoxy groups -OCH3 is 1. The van der Waals surface area contributed by atoms with Crippen molar-refractivity contribution in [2.24, 2.45) is 0 Å². The van der Waals surface area contributed by atoms with E-state index in [1.165, 1.54) is 19.2 Å². The quantitative estimate of drug-likeness (QED) is 0.863. The Morgan fingerprint density at radius 3 is 2.47 bits per heavy atom.